The summed E-state index contributed by atoms with van der Waals surface area (Å²) in [6.07, 6.45) is 0. The third kappa shape index (κ3) is 3.19. The van der Waals surface area contributed by atoms with E-state index in [2.05, 4.69) is 5.32 Å². The van der Waals surface area contributed by atoms with Crippen molar-refractivity contribution in [1.29, 1.82) is 0 Å². The van der Waals surface area contributed by atoms with Gasteiger partial charge < -0.3 is 15.2 Å². The standard InChI is InChI=1S/C14H13FN2O4/c1-21-13-4-2-3-9(14(13)18)8-16-12-7-10(17(19)20)5-6-11(12)15/h2-7,16,18H,8H2,1H3. The maximum Gasteiger partial charge on any atom is 0.271 e. The van der Waals surface area contributed by atoms with Crippen molar-refractivity contribution >= 4 is 11.4 Å². The van der Waals surface area contributed by atoms with Gasteiger partial charge >= 0.3 is 0 Å². The van der Waals surface area contributed by atoms with Gasteiger partial charge in [0, 0.05) is 24.2 Å². The first-order valence-electron chi connectivity index (χ1n) is 6.05. The van der Waals surface area contributed by atoms with Gasteiger partial charge in [0.2, 0.25) is 0 Å². The number of benzene rings is 2. The predicted molar refractivity (Wildman–Crippen MR) is 75.0 cm³/mol. The lowest BCUT2D eigenvalue weighted by Gasteiger charge is -2.11. The SMILES string of the molecule is COc1cccc(CNc2cc([N+](=O)[O-])ccc2F)c1O. The number of nitrogens with one attached hydrogen (secondary N) is 1. The van der Waals surface area contributed by atoms with Crippen LogP contribution < -0.4 is 10.1 Å². The normalized spacial score (nSPS) is 10.2. The number of nitro groups is 1. The molecule has 0 aliphatic carbocycles. The van der Waals surface area contributed by atoms with Crippen LogP contribution in [0.2, 0.25) is 0 Å². The molecule has 21 heavy (non-hydrogen) atoms. The Kier molecular flexibility index (Phi) is 4.22. The molecule has 0 radical (unpaired) electrons. The van der Waals surface area contributed by atoms with Crippen LogP contribution in [0.3, 0.4) is 0 Å². The van der Waals surface area contributed by atoms with E-state index in [0.29, 0.717) is 11.3 Å². The van der Waals surface area contributed by atoms with Crippen LogP contribution in [0.25, 0.3) is 0 Å². The number of halogens is 1. The van der Waals surface area contributed by atoms with Crippen LogP contribution in [0.4, 0.5) is 15.8 Å². The molecule has 0 fully saturated rings. The van der Waals surface area contributed by atoms with Crippen LogP contribution in [-0.2, 0) is 6.54 Å². The monoisotopic (exact) mass is 292 g/mol. The summed E-state index contributed by atoms with van der Waals surface area (Å²) < 4.78 is 18.6. The zero-order valence-corrected chi connectivity index (χ0v) is 11.2. The summed E-state index contributed by atoms with van der Waals surface area (Å²) in [6.45, 7) is 0.0983. The molecule has 2 aromatic rings. The largest absolute Gasteiger partial charge is 0.504 e. The highest BCUT2D eigenvalue weighted by Gasteiger charge is 2.12. The summed E-state index contributed by atoms with van der Waals surface area (Å²) in [7, 11) is 1.42. The number of aromatic hydroxyl groups is 1. The number of nitrogens with zero attached hydrogens (tertiary/aromatic N) is 1. The lowest BCUT2D eigenvalue weighted by atomic mass is 10.1. The van der Waals surface area contributed by atoms with Gasteiger partial charge in [-0.1, -0.05) is 12.1 Å². The number of non-ortho nitro benzene ring substituents is 1. The van der Waals surface area contributed by atoms with Crippen molar-refractivity contribution in [3.05, 3.63) is 57.9 Å². The number of methoxy groups -OCH3 is 1. The molecule has 2 N–H and O–H groups in total. The van der Waals surface area contributed by atoms with Crippen molar-refractivity contribution in [3.8, 4) is 11.5 Å². The summed E-state index contributed by atoms with van der Waals surface area (Å²) >= 11 is 0. The van der Waals surface area contributed by atoms with E-state index in [4.69, 9.17) is 4.74 Å². The fourth-order valence-electron chi connectivity index (χ4n) is 1.83. The van der Waals surface area contributed by atoms with Crippen molar-refractivity contribution in [2.75, 3.05) is 12.4 Å². The Hall–Kier alpha value is -2.83. The van der Waals surface area contributed by atoms with E-state index < -0.39 is 10.7 Å². The highest BCUT2D eigenvalue weighted by molar-refractivity contribution is 5.54. The van der Waals surface area contributed by atoms with Gasteiger partial charge in [0.1, 0.15) is 5.82 Å². The molecule has 110 valence electrons. The van der Waals surface area contributed by atoms with E-state index >= 15 is 0 Å². The zero-order chi connectivity index (χ0) is 15.4. The molecular formula is C14H13FN2O4. The summed E-state index contributed by atoms with van der Waals surface area (Å²) in [6, 6.07) is 8.12. The fraction of sp³-hybridized carbons (Fsp3) is 0.143. The van der Waals surface area contributed by atoms with Gasteiger partial charge in [-0.05, 0) is 12.1 Å². The average Bonchev–Trinajstić information content (AvgIpc) is 2.47. The lowest BCUT2D eigenvalue weighted by molar-refractivity contribution is -0.384. The van der Waals surface area contributed by atoms with E-state index in [1.54, 1.807) is 18.2 Å². The molecule has 0 amide bonds. The molecule has 0 aliphatic rings. The topological polar surface area (TPSA) is 84.6 Å². The fourth-order valence-corrected chi connectivity index (χ4v) is 1.83. The molecule has 0 spiro atoms. The van der Waals surface area contributed by atoms with Gasteiger partial charge in [0.15, 0.2) is 11.5 Å². The average molecular weight is 292 g/mol. The van der Waals surface area contributed by atoms with Crippen molar-refractivity contribution < 1.29 is 19.2 Å². The van der Waals surface area contributed by atoms with E-state index in [1.807, 2.05) is 0 Å². The molecule has 0 saturated heterocycles. The third-order valence-corrected chi connectivity index (χ3v) is 2.93. The Bertz CT molecular complexity index is 676. The summed E-state index contributed by atoms with van der Waals surface area (Å²) in [5, 5.41) is 23.3. The molecule has 0 aromatic heterocycles. The maximum absolute atomic E-state index is 13.6. The van der Waals surface area contributed by atoms with Gasteiger partial charge in [0.05, 0.1) is 17.7 Å². The number of phenols is 1. The van der Waals surface area contributed by atoms with Crippen LogP contribution in [0.5, 0.6) is 11.5 Å². The first-order chi connectivity index (χ1) is 10.0. The lowest BCUT2D eigenvalue weighted by Crippen LogP contribution is -2.03. The van der Waals surface area contributed by atoms with Gasteiger partial charge in [-0.15, -0.1) is 0 Å². The van der Waals surface area contributed by atoms with Crippen LogP contribution in [0.15, 0.2) is 36.4 Å². The van der Waals surface area contributed by atoms with Crippen molar-refractivity contribution in [2.24, 2.45) is 0 Å². The van der Waals surface area contributed by atoms with E-state index in [-0.39, 0.29) is 23.7 Å². The predicted octanol–water partition coefficient (Wildman–Crippen LogP) is 3.06. The second kappa shape index (κ2) is 6.08. The smallest absolute Gasteiger partial charge is 0.271 e. The minimum Gasteiger partial charge on any atom is -0.504 e. The summed E-state index contributed by atoms with van der Waals surface area (Å²) in [5.74, 6) is -0.366. The van der Waals surface area contributed by atoms with Crippen LogP contribution in [-0.4, -0.2) is 17.1 Å². The first kappa shape index (κ1) is 14.6. The number of phenolic OH excluding ortho intramolecular Hbond substituents is 1. The van der Waals surface area contributed by atoms with Crippen LogP contribution in [0.1, 0.15) is 5.56 Å². The molecule has 2 rings (SSSR count). The number of anilines is 1. The number of ether oxygens (including phenoxy) is 1. The highest BCUT2D eigenvalue weighted by Crippen LogP contribution is 2.30. The molecule has 0 unspecified atom stereocenters. The third-order valence-electron chi connectivity index (χ3n) is 2.93. The summed E-state index contributed by atoms with van der Waals surface area (Å²) in [5.41, 5.74) is 0.264. The second-order valence-electron chi connectivity index (χ2n) is 4.24. The highest BCUT2D eigenvalue weighted by atomic mass is 19.1. The molecule has 2 aromatic carbocycles. The second-order valence-corrected chi connectivity index (χ2v) is 4.24. The van der Waals surface area contributed by atoms with E-state index in [1.165, 1.54) is 7.11 Å². The maximum atomic E-state index is 13.6. The number of nitro benzene ring substituents is 1. The molecule has 0 bridgehead atoms. The van der Waals surface area contributed by atoms with Crippen molar-refractivity contribution in [1.82, 2.24) is 0 Å². The molecule has 0 atom stereocenters. The van der Waals surface area contributed by atoms with Gasteiger partial charge in [-0.3, -0.25) is 10.1 Å². The molecule has 0 aliphatic heterocycles. The Labute approximate surface area is 119 Å². The minimum absolute atomic E-state index is 0.00794. The Morgan fingerprint density at radius 3 is 2.81 bits per heavy atom. The van der Waals surface area contributed by atoms with Gasteiger partial charge in [-0.25, -0.2) is 4.39 Å². The Morgan fingerprint density at radius 2 is 2.14 bits per heavy atom. The van der Waals surface area contributed by atoms with E-state index in [0.717, 1.165) is 18.2 Å². The van der Waals surface area contributed by atoms with Gasteiger partial charge in [0.25, 0.3) is 5.69 Å². The molecule has 6 nitrogen and oxygen atoms in total. The number of para-hydroxylation sites is 1. The zero-order valence-electron chi connectivity index (χ0n) is 11.2. The quantitative estimate of drug-likeness (QED) is 0.653. The molecule has 0 saturated carbocycles. The number of hydrogen-bond donors (Lipinski definition) is 2. The Morgan fingerprint density at radius 1 is 1.38 bits per heavy atom. The Balaban J connectivity index is 2.20. The van der Waals surface area contributed by atoms with Crippen molar-refractivity contribution in [3.63, 3.8) is 0 Å². The van der Waals surface area contributed by atoms with Crippen LogP contribution in [0, 0.1) is 15.9 Å². The first-order valence-corrected chi connectivity index (χ1v) is 6.05. The molecular weight excluding hydrogens is 279 g/mol. The van der Waals surface area contributed by atoms with Crippen LogP contribution >= 0.6 is 0 Å². The molecule has 0 heterocycles. The number of hydrogen-bond acceptors (Lipinski definition) is 5. The summed E-state index contributed by atoms with van der Waals surface area (Å²) in [4.78, 5) is 10.1. The van der Waals surface area contributed by atoms with Crippen molar-refractivity contribution in [2.45, 2.75) is 6.54 Å². The molecule has 7 heteroatoms. The van der Waals surface area contributed by atoms with E-state index in [9.17, 15) is 19.6 Å². The number of rotatable bonds is 5. The minimum atomic E-state index is -0.608. The van der Waals surface area contributed by atoms with Gasteiger partial charge in [-0.2, -0.15) is 0 Å².